The number of anilines is 1. The average molecular weight is 556 g/mol. The lowest BCUT2D eigenvalue weighted by Gasteiger charge is -2.28. The number of carbonyl (C=O) groups excluding carboxylic acids is 3. The van der Waals surface area contributed by atoms with Crippen molar-refractivity contribution in [2.45, 2.75) is 52.4 Å². The predicted octanol–water partition coefficient (Wildman–Crippen LogP) is 2.90. The van der Waals surface area contributed by atoms with Gasteiger partial charge in [0, 0.05) is 23.7 Å². The summed E-state index contributed by atoms with van der Waals surface area (Å²) in [7, 11) is 0. The topological polar surface area (TPSA) is 124 Å². The van der Waals surface area contributed by atoms with Crippen LogP contribution in [0.4, 0.5) is 5.69 Å². The zero-order valence-electron chi connectivity index (χ0n) is 23.9. The van der Waals surface area contributed by atoms with Gasteiger partial charge in [-0.25, -0.2) is 4.99 Å². The van der Waals surface area contributed by atoms with Gasteiger partial charge in [-0.2, -0.15) is 0 Å². The van der Waals surface area contributed by atoms with E-state index in [9.17, 15) is 19.5 Å². The van der Waals surface area contributed by atoms with Crippen molar-refractivity contribution in [2.75, 3.05) is 18.0 Å². The van der Waals surface area contributed by atoms with Gasteiger partial charge in [-0.1, -0.05) is 75.4 Å². The first-order chi connectivity index (χ1) is 19.5. The molecule has 2 unspecified atom stereocenters. The standard InChI is InChI=1S/C32H37N5O4/c1-21(34-19-23(38)18-22-12-6-5-7-13-22)30(40)36-29-31(41)37(20-27(39)32(2,3)4)26-16-9-8-14-24(26)28(35-29)25-15-10-11-17-33-25/h5-17,21,23,29,34,38H,18-20H2,1-4H3,(H,36,40)/t21-,23?,29?/m0/s1. The SMILES string of the molecule is C[C@H](NCC(O)Cc1ccccc1)C(=O)NC1N=C(c2ccccn2)c2ccccc2N(CC(=O)C(C)(C)C)C1=O. The Morgan fingerprint density at radius 3 is 2.37 bits per heavy atom. The second kappa shape index (κ2) is 13.0. The van der Waals surface area contributed by atoms with Crippen molar-refractivity contribution < 1.29 is 19.5 Å². The minimum atomic E-state index is -1.29. The molecule has 0 fully saturated rings. The number of para-hydroxylation sites is 1. The van der Waals surface area contributed by atoms with Gasteiger partial charge in [-0.15, -0.1) is 0 Å². The van der Waals surface area contributed by atoms with Crippen LogP contribution in [0.1, 0.15) is 44.5 Å². The molecule has 9 nitrogen and oxygen atoms in total. The molecule has 0 spiro atoms. The number of benzene rings is 2. The number of nitrogens with one attached hydrogen (secondary N) is 2. The van der Waals surface area contributed by atoms with Crippen LogP contribution in [0.15, 0.2) is 84.0 Å². The number of rotatable bonds is 10. The van der Waals surface area contributed by atoms with Crippen molar-refractivity contribution in [3.8, 4) is 0 Å². The van der Waals surface area contributed by atoms with Gasteiger partial charge in [-0.05, 0) is 37.1 Å². The summed E-state index contributed by atoms with van der Waals surface area (Å²) in [5, 5.41) is 16.3. The summed E-state index contributed by atoms with van der Waals surface area (Å²) in [5.41, 5.74) is 2.43. The second-order valence-electron chi connectivity index (χ2n) is 11.2. The van der Waals surface area contributed by atoms with Gasteiger partial charge in [0.05, 0.1) is 35.8 Å². The lowest BCUT2D eigenvalue weighted by atomic mass is 9.90. The van der Waals surface area contributed by atoms with Crippen molar-refractivity contribution in [1.29, 1.82) is 0 Å². The number of carbonyl (C=O) groups is 3. The number of aromatic nitrogens is 1. The Hall–Kier alpha value is -4.21. The predicted molar refractivity (Wildman–Crippen MR) is 159 cm³/mol. The number of aliphatic hydroxyl groups excluding tert-OH is 1. The lowest BCUT2D eigenvalue weighted by molar-refractivity contribution is -0.130. The van der Waals surface area contributed by atoms with Crippen LogP contribution in [-0.4, -0.2) is 64.8 Å². The number of fused-ring (bicyclic) bond motifs is 1. The molecule has 1 aliphatic rings. The molecule has 0 radical (unpaired) electrons. The highest BCUT2D eigenvalue weighted by atomic mass is 16.3. The minimum absolute atomic E-state index is 0.130. The van der Waals surface area contributed by atoms with E-state index in [1.807, 2.05) is 48.5 Å². The summed E-state index contributed by atoms with van der Waals surface area (Å²) in [5.74, 6) is -1.12. The Balaban J connectivity index is 1.59. The van der Waals surface area contributed by atoms with E-state index in [2.05, 4.69) is 15.6 Å². The first-order valence-electron chi connectivity index (χ1n) is 13.7. The maximum atomic E-state index is 13.9. The molecular weight excluding hydrogens is 518 g/mol. The van der Waals surface area contributed by atoms with Crippen LogP contribution in [0.25, 0.3) is 0 Å². The van der Waals surface area contributed by atoms with Crippen molar-refractivity contribution in [1.82, 2.24) is 15.6 Å². The number of hydrogen-bond donors (Lipinski definition) is 3. The molecule has 0 saturated carbocycles. The third-order valence-electron chi connectivity index (χ3n) is 6.90. The first kappa shape index (κ1) is 29.8. The minimum Gasteiger partial charge on any atom is -0.391 e. The molecule has 41 heavy (non-hydrogen) atoms. The Morgan fingerprint density at radius 1 is 1.00 bits per heavy atom. The molecule has 0 bridgehead atoms. The van der Waals surface area contributed by atoms with E-state index in [0.29, 0.717) is 29.1 Å². The Bertz CT molecular complexity index is 1400. The maximum Gasteiger partial charge on any atom is 0.272 e. The number of pyridine rings is 1. The lowest BCUT2D eigenvalue weighted by Crippen LogP contribution is -2.54. The summed E-state index contributed by atoms with van der Waals surface area (Å²) in [6.07, 6.45) is 0.0808. The third-order valence-corrected chi connectivity index (χ3v) is 6.90. The quantitative estimate of drug-likeness (QED) is 0.354. The smallest absolute Gasteiger partial charge is 0.272 e. The zero-order chi connectivity index (χ0) is 29.6. The Morgan fingerprint density at radius 2 is 1.68 bits per heavy atom. The molecule has 3 N–H and O–H groups in total. The number of hydrogen-bond acceptors (Lipinski definition) is 7. The van der Waals surface area contributed by atoms with Gasteiger partial charge < -0.3 is 20.6 Å². The monoisotopic (exact) mass is 555 g/mol. The fourth-order valence-electron chi connectivity index (χ4n) is 4.40. The van der Waals surface area contributed by atoms with Gasteiger partial charge >= 0.3 is 0 Å². The number of ketones is 1. The van der Waals surface area contributed by atoms with E-state index in [0.717, 1.165) is 5.56 Å². The summed E-state index contributed by atoms with van der Waals surface area (Å²) < 4.78 is 0. The van der Waals surface area contributed by atoms with E-state index in [1.165, 1.54) is 4.90 Å². The van der Waals surface area contributed by atoms with Crippen molar-refractivity contribution in [3.63, 3.8) is 0 Å². The normalized spacial score (nSPS) is 16.7. The fourth-order valence-corrected chi connectivity index (χ4v) is 4.40. The molecule has 3 atom stereocenters. The third kappa shape index (κ3) is 7.50. The summed E-state index contributed by atoms with van der Waals surface area (Å²) in [6, 6.07) is 21.5. The van der Waals surface area contributed by atoms with Crippen molar-refractivity contribution >= 4 is 29.0 Å². The van der Waals surface area contributed by atoms with Crippen LogP contribution in [0.2, 0.25) is 0 Å². The van der Waals surface area contributed by atoms with E-state index in [1.54, 1.807) is 58.2 Å². The summed E-state index contributed by atoms with van der Waals surface area (Å²) >= 11 is 0. The molecule has 1 aliphatic heterocycles. The molecule has 9 heteroatoms. The fraction of sp³-hybridized carbons (Fsp3) is 0.344. The molecule has 2 heterocycles. The summed E-state index contributed by atoms with van der Waals surface area (Å²) in [4.78, 5) is 50.9. The van der Waals surface area contributed by atoms with Gasteiger partial charge in [0.25, 0.3) is 5.91 Å². The molecule has 3 aromatic rings. The maximum absolute atomic E-state index is 13.9. The van der Waals surface area contributed by atoms with Gasteiger partial charge in [-0.3, -0.25) is 19.4 Å². The van der Waals surface area contributed by atoms with Crippen LogP contribution in [0, 0.1) is 5.41 Å². The molecule has 2 aromatic carbocycles. The van der Waals surface area contributed by atoms with E-state index < -0.39 is 35.5 Å². The van der Waals surface area contributed by atoms with Crippen molar-refractivity contribution in [3.05, 3.63) is 95.8 Å². The van der Waals surface area contributed by atoms with E-state index in [4.69, 9.17) is 4.99 Å². The number of aliphatic imine (C=N–C) groups is 1. The number of benzodiazepines with no additional fused rings is 1. The zero-order valence-corrected chi connectivity index (χ0v) is 23.9. The molecule has 0 aliphatic carbocycles. The summed E-state index contributed by atoms with van der Waals surface area (Å²) in [6.45, 7) is 7.08. The number of nitrogens with zero attached hydrogens (tertiary/aromatic N) is 3. The van der Waals surface area contributed by atoms with E-state index in [-0.39, 0.29) is 18.9 Å². The first-order valence-corrected chi connectivity index (χ1v) is 13.7. The highest BCUT2D eigenvalue weighted by Gasteiger charge is 2.36. The van der Waals surface area contributed by atoms with Crippen LogP contribution in [0.3, 0.4) is 0 Å². The van der Waals surface area contributed by atoms with Crippen LogP contribution in [0.5, 0.6) is 0 Å². The molecule has 0 saturated heterocycles. The van der Waals surface area contributed by atoms with Crippen LogP contribution < -0.4 is 15.5 Å². The number of aliphatic hydroxyl groups is 1. The molecule has 1 aromatic heterocycles. The number of amides is 2. The van der Waals surface area contributed by atoms with E-state index >= 15 is 0 Å². The number of Topliss-reactive ketones (excluding diaryl/α,β-unsaturated/α-hetero) is 1. The van der Waals surface area contributed by atoms with Crippen LogP contribution >= 0.6 is 0 Å². The van der Waals surface area contributed by atoms with Gasteiger partial charge in [0.15, 0.2) is 5.78 Å². The molecule has 2 amide bonds. The highest BCUT2D eigenvalue weighted by Crippen LogP contribution is 2.29. The Kier molecular flexibility index (Phi) is 9.42. The molecule has 214 valence electrons. The second-order valence-corrected chi connectivity index (χ2v) is 11.2. The van der Waals surface area contributed by atoms with Crippen LogP contribution in [-0.2, 0) is 20.8 Å². The Labute approximate surface area is 240 Å². The average Bonchev–Trinajstić information content (AvgIpc) is 3.07. The molecular formula is C32H37N5O4. The molecule has 4 rings (SSSR count). The highest BCUT2D eigenvalue weighted by molar-refractivity contribution is 6.20. The van der Waals surface area contributed by atoms with Gasteiger partial charge in [0.1, 0.15) is 0 Å². The van der Waals surface area contributed by atoms with Crippen molar-refractivity contribution in [2.24, 2.45) is 10.4 Å². The van der Waals surface area contributed by atoms with Gasteiger partial charge in [0.2, 0.25) is 12.1 Å². The largest absolute Gasteiger partial charge is 0.391 e.